The summed E-state index contributed by atoms with van der Waals surface area (Å²) < 4.78 is 0. The molecule has 0 amide bonds. The Kier molecular flexibility index (Phi) is 5.01. The average Bonchev–Trinajstić information content (AvgIpc) is 2.94. The summed E-state index contributed by atoms with van der Waals surface area (Å²) in [5, 5.41) is 0. The van der Waals surface area contributed by atoms with E-state index in [2.05, 4.69) is 32.9 Å². The number of hydrogen-bond acceptors (Lipinski definition) is 0. The van der Waals surface area contributed by atoms with Crippen LogP contribution in [0.25, 0.3) is 0 Å². The normalized spacial score (nSPS) is 51.3. The zero-order valence-corrected chi connectivity index (χ0v) is 18.3. The average molecular weight is 369 g/mol. The molecular formula is C27H44. The highest BCUT2D eigenvalue weighted by molar-refractivity contribution is 5.07. The van der Waals surface area contributed by atoms with Gasteiger partial charge in [0.1, 0.15) is 0 Å². The molecule has 0 heteroatoms. The molecule has 0 aromatic rings. The van der Waals surface area contributed by atoms with Crippen molar-refractivity contribution < 1.29 is 0 Å². The first-order valence-electron chi connectivity index (χ1n) is 12.7. The van der Waals surface area contributed by atoms with Gasteiger partial charge in [0, 0.05) is 0 Å². The van der Waals surface area contributed by atoms with Crippen LogP contribution in [0, 0.1) is 58.7 Å². The molecule has 0 aromatic heterocycles. The van der Waals surface area contributed by atoms with Crippen LogP contribution in [0.15, 0.2) is 12.2 Å². The molecule has 0 nitrogen and oxygen atoms in total. The Morgan fingerprint density at radius 1 is 0.667 bits per heavy atom. The van der Waals surface area contributed by atoms with Crippen LogP contribution in [0.3, 0.4) is 0 Å². The van der Waals surface area contributed by atoms with E-state index in [1.807, 2.05) is 0 Å². The van der Waals surface area contributed by atoms with E-state index >= 15 is 0 Å². The highest BCUT2D eigenvalue weighted by Gasteiger charge is 2.57. The summed E-state index contributed by atoms with van der Waals surface area (Å²) in [6.07, 6.45) is 23.3. The zero-order valence-electron chi connectivity index (χ0n) is 18.3. The third-order valence-electron chi connectivity index (χ3n) is 10.9. The summed E-state index contributed by atoms with van der Waals surface area (Å²) in [5.74, 6) is 9.53. The molecule has 0 radical (unpaired) electrons. The van der Waals surface area contributed by atoms with E-state index in [9.17, 15) is 0 Å². The largest absolute Gasteiger partial charge is 0.0882 e. The number of rotatable bonds is 2. The molecule has 0 saturated heterocycles. The van der Waals surface area contributed by atoms with Gasteiger partial charge in [-0.2, -0.15) is 0 Å². The van der Waals surface area contributed by atoms with Crippen LogP contribution in [0.2, 0.25) is 0 Å². The predicted octanol–water partition coefficient (Wildman–Crippen LogP) is 7.88. The smallest absolute Gasteiger partial charge is 0.0292 e. The topological polar surface area (TPSA) is 0 Å². The van der Waals surface area contributed by atoms with Crippen molar-refractivity contribution in [1.82, 2.24) is 0 Å². The third-order valence-corrected chi connectivity index (χ3v) is 10.9. The minimum atomic E-state index is 0.618. The Labute approximate surface area is 169 Å². The fourth-order valence-corrected chi connectivity index (χ4v) is 9.25. The molecular weight excluding hydrogens is 324 g/mol. The first kappa shape index (κ1) is 18.7. The zero-order chi connectivity index (χ0) is 18.6. The van der Waals surface area contributed by atoms with Crippen LogP contribution in [0.4, 0.5) is 0 Å². The van der Waals surface area contributed by atoms with E-state index in [0.717, 1.165) is 53.3 Å². The van der Waals surface area contributed by atoms with Gasteiger partial charge in [0.25, 0.3) is 0 Å². The van der Waals surface area contributed by atoms with Gasteiger partial charge in [-0.25, -0.2) is 0 Å². The van der Waals surface area contributed by atoms with Gasteiger partial charge in [0.05, 0.1) is 0 Å². The number of hydrogen-bond donors (Lipinski definition) is 0. The van der Waals surface area contributed by atoms with Crippen LogP contribution < -0.4 is 0 Å². The summed E-state index contributed by atoms with van der Waals surface area (Å²) in [4.78, 5) is 0. The van der Waals surface area contributed by atoms with Gasteiger partial charge in [-0.3, -0.25) is 0 Å². The Hall–Kier alpha value is -0.260. The quantitative estimate of drug-likeness (QED) is 0.435. The van der Waals surface area contributed by atoms with Crippen LogP contribution in [0.1, 0.15) is 97.8 Å². The van der Waals surface area contributed by atoms with Crippen molar-refractivity contribution in [2.24, 2.45) is 58.7 Å². The molecule has 0 aromatic carbocycles. The monoisotopic (exact) mass is 368 g/mol. The van der Waals surface area contributed by atoms with Crippen LogP contribution >= 0.6 is 0 Å². The summed E-state index contributed by atoms with van der Waals surface area (Å²) in [6.45, 7) is 7.82. The van der Waals surface area contributed by atoms with Crippen molar-refractivity contribution in [3.63, 3.8) is 0 Å². The van der Waals surface area contributed by atoms with E-state index in [1.165, 1.54) is 25.7 Å². The SMILES string of the molecule is CCC1CCC2C3CCC(C4CCC5CC=CC[C@H]5C4)CC3C(C)(C)C2C1. The van der Waals surface area contributed by atoms with E-state index in [4.69, 9.17) is 0 Å². The fourth-order valence-electron chi connectivity index (χ4n) is 9.25. The second-order valence-corrected chi connectivity index (χ2v) is 12.1. The van der Waals surface area contributed by atoms with Gasteiger partial charge in [0.2, 0.25) is 0 Å². The summed E-state index contributed by atoms with van der Waals surface area (Å²) in [5.41, 5.74) is 0.618. The Morgan fingerprint density at radius 3 is 2.04 bits per heavy atom. The fraction of sp³-hybridized carbons (Fsp3) is 0.926. The van der Waals surface area contributed by atoms with Crippen LogP contribution in [-0.2, 0) is 0 Å². The molecule has 0 aliphatic heterocycles. The Bertz CT molecular complexity index is 556. The highest BCUT2D eigenvalue weighted by atomic mass is 14.6. The number of allylic oxidation sites excluding steroid dienone is 2. The second kappa shape index (κ2) is 7.21. The standard InChI is InChI=1S/C27H44/c1-4-18-9-13-23-24-14-12-22(17-26(24)27(2,3)25(23)15-18)21-11-10-19-7-5-6-8-20(19)16-21/h5-6,18-26H,4,7-17H2,1-3H3/t18?,19?,20-,21?,22?,23?,24?,25?,26?/m0/s1. The van der Waals surface area contributed by atoms with Crippen LogP contribution in [0.5, 0.6) is 0 Å². The van der Waals surface area contributed by atoms with E-state index in [1.54, 1.807) is 51.4 Å². The van der Waals surface area contributed by atoms with Crippen LogP contribution in [-0.4, -0.2) is 0 Å². The lowest BCUT2D eigenvalue weighted by atomic mass is 9.59. The number of fused-ring (bicyclic) bond motifs is 4. The first-order valence-corrected chi connectivity index (χ1v) is 12.7. The third kappa shape index (κ3) is 3.16. The van der Waals surface area contributed by atoms with E-state index in [-0.39, 0.29) is 0 Å². The van der Waals surface area contributed by atoms with Crippen molar-refractivity contribution in [2.45, 2.75) is 97.8 Å². The molecule has 8 unspecified atom stereocenters. The molecule has 5 aliphatic carbocycles. The minimum absolute atomic E-state index is 0.618. The first-order chi connectivity index (χ1) is 13.1. The molecule has 5 rings (SSSR count). The molecule has 0 heterocycles. The summed E-state index contributed by atoms with van der Waals surface area (Å²) in [6, 6.07) is 0. The van der Waals surface area contributed by atoms with Crippen molar-refractivity contribution in [1.29, 1.82) is 0 Å². The molecule has 4 saturated carbocycles. The molecule has 0 N–H and O–H groups in total. The van der Waals surface area contributed by atoms with Crippen molar-refractivity contribution in [3.05, 3.63) is 12.2 Å². The molecule has 0 spiro atoms. The lowest BCUT2D eigenvalue weighted by Crippen LogP contribution is -2.36. The van der Waals surface area contributed by atoms with Gasteiger partial charge in [0.15, 0.2) is 0 Å². The molecule has 5 aliphatic rings. The van der Waals surface area contributed by atoms with Gasteiger partial charge in [-0.1, -0.05) is 45.8 Å². The maximum atomic E-state index is 2.69. The minimum Gasteiger partial charge on any atom is -0.0882 e. The Balaban J connectivity index is 1.29. The van der Waals surface area contributed by atoms with Crippen molar-refractivity contribution in [3.8, 4) is 0 Å². The second-order valence-electron chi connectivity index (χ2n) is 12.1. The van der Waals surface area contributed by atoms with E-state index < -0.39 is 0 Å². The molecule has 27 heavy (non-hydrogen) atoms. The molecule has 9 atom stereocenters. The van der Waals surface area contributed by atoms with Crippen molar-refractivity contribution in [2.75, 3.05) is 0 Å². The van der Waals surface area contributed by atoms with E-state index in [0.29, 0.717) is 5.41 Å². The highest BCUT2D eigenvalue weighted by Crippen LogP contribution is 2.65. The maximum Gasteiger partial charge on any atom is -0.0292 e. The van der Waals surface area contributed by atoms with Gasteiger partial charge in [-0.05, 0) is 123 Å². The maximum absolute atomic E-state index is 2.69. The molecule has 152 valence electrons. The van der Waals surface area contributed by atoms with Gasteiger partial charge in [-0.15, -0.1) is 0 Å². The van der Waals surface area contributed by atoms with Gasteiger partial charge >= 0.3 is 0 Å². The molecule has 0 bridgehead atoms. The lowest BCUT2D eigenvalue weighted by Gasteiger charge is -2.46. The van der Waals surface area contributed by atoms with Gasteiger partial charge < -0.3 is 0 Å². The predicted molar refractivity (Wildman–Crippen MR) is 115 cm³/mol. The molecule has 4 fully saturated rings. The van der Waals surface area contributed by atoms with Crippen molar-refractivity contribution >= 4 is 0 Å². The lowest BCUT2D eigenvalue weighted by molar-refractivity contribution is 0.0472. The summed E-state index contributed by atoms with van der Waals surface area (Å²) in [7, 11) is 0. The summed E-state index contributed by atoms with van der Waals surface area (Å²) >= 11 is 0. The Morgan fingerprint density at radius 2 is 1.26 bits per heavy atom.